The highest BCUT2D eigenvalue weighted by Crippen LogP contribution is 2.00. The number of nitrogens with one attached hydrogen (secondary N) is 1. The standard InChI is InChI=1S/C9H15NO/c1-5-10-9(8(4)11)6-7(2)3/h5-7,10H,1H2,2-4H3/b9-6-. The van der Waals surface area contributed by atoms with E-state index in [4.69, 9.17) is 0 Å². The molecule has 0 saturated carbocycles. The summed E-state index contributed by atoms with van der Waals surface area (Å²) in [6.45, 7) is 9.06. The van der Waals surface area contributed by atoms with Gasteiger partial charge in [-0.3, -0.25) is 4.79 Å². The van der Waals surface area contributed by atoms with E-state index in [1.165, 1.54) is 13.1 Å². The molecule has 0 aliphatic rings. The number of rotatable bonds is 4. The summed E-state index contributed by atoms with van der Waals surface area (Å²) in [6.07, 6.45) is 3.39. The van der Waals surface area contributed by atoms with Crippen LogP contribution in [-0.2, 0) is 4.79 Å². The summed E-state index contributed by atoms with van der Waals surface area (Å²) in [6, 6.07) is 0. The zero-order valence-electron chi connectivity index (χ0n) is 7.35. The zero-order valence-corrected chi connectivity index (χ0v) is 7.35. The first kappa shape index (κ1) is 9.95. The van der Waals surface area contributed by atoms with E-state index < -0.39 is 0 Å². The second-order valence-corrected chi connectivity index (χ2v) is 2.73. The number of hydrogen-bond donors (Lipinski definition) is 1. The lowest BCUT2D eigenvalue weighted by Crippen LogP contribution is -2.12. The van der Waals surface area contributed by atoms with Gasteiger partial charge >= 0.3 is 0 Å². The maximum absolute atomic E-state index is 10.9. The normalized spacial score (nSPS) is 11.5. The molecular formula is C9H15NO. The van der Waals surface area contributed by atoms with Crippen LogP contribution in [-0.4, -0.2) is 5.78 Å². The Balaban J connectivity index is 4.32. The fourth-order valence-corrected chi connectivity index (χ4v) is 0.710. The first-order valence-corrected chi connectivity index (χ1v) is 3.68. The molecule has 2 heteroatoms. The van der Waals surface area contributed by atoms with Gasteiger partial charge in [0.1, 0.15) is 0 Å². The minimum atomic E-state index is 0.0404. The van der Waals surface area contributed by atoms with Crippen LogP contribution in [0.3, 0.4) is 0 Å². The number of carbonyl (C=O) groups is 1. The van der Waals surface area contributed by atoms with E-state index in [2.05, 4.69) is 11.9 Å². The Morgan fingerprint density at radius 2 is 2.09 bits per heavy atom. The maximum atomic E-state index is 10.9. The smallest absolute Gasteiger partial charge is 0.175 e. The third kappa shape index (κ3) is 4.37. The van der Waals surface area contributed by atoms with Crippen LogP contribution in [0.1, 0.15) is 20.8 Å². The third-order valence-electron chi connectivity index (χ3n) is 1.14. The average Bonchev–Trinajstić information content (AvgIpc) is 1.86. The zero-order chi connectivity index (χ0) is 8.85. The van der Waals surface area contributed by atoms with E-state index in [1.807, 2.05) is 19.9 Å². The Bertz CT molecular complexity index is 180. The first-order valence-electron chi connectivity index (χ1n) is 3.68. The molecule has 1 N–H and O–H groups in total. The highest BCUT2D eigenvalue weighted by molar-refractivity contribution is 5.92. The Morgan fingerprint density at radius 1 is 1.55 bits per heavy atom. The Kier molecular flexibility index (Phi) is 4.27. The molecule has 0 aliphatic carbocycles. The molecule has 0 aliphatic heterocycles. The van der Waals surface area contributed by atoms with Crippen molar-refractivity contribution in [1.82, 2.24) is 5.32 Å². The number of allylic oxidation sites excluding steroid dienone is 2. The van der Waals surface area contributed by atoms with Gasteiger partial charge in [-0.25, -0.2) is 0 Å². The molecule has 0 bridgehead atoms. The lowest BCUT2D eigenvalue weighted by atomic mass is 10.1. The van der Waals surface area contributed by atoms with Crippen LogP contribution in [0.2, 0.25) is 0 Å². The largest absolute Gasteiger partial charge is 0.360 e. The van der Waals surface area contributed by atoms with Crippen LogP contribution >= 0.6 is 0 Å². The topological polar surface area (TPSA) is 29.1 Å². The van der Waals surface area contributed by atoms with E-state index in [1.54, 1.807) is 0 Å². The summed E-state index contributed by atoms with van der Waals surface area (Å²) in [5, 5.41) is 2.79. The molecular weight excluding hydrogens is 138 g/mol. The van der Waals surface area contributed by atoms with Crippen molar-refractivity contribution in [2.24, 2.45) is 5.92 Å². The van der Waals surface area contributed by atoms with Crippen LogP contribution in [0.15, 0.2) is 24.6 Å². The SMILES string of the molecule is C=CN/C(=C\C(C)C)C(C)=O. The minimum Gasteiger partial charge on any atom is -0.360 e. The number of hydrogen-bond acceptors (Lipinski definition) is 2. The fraction of sp³-hybridized carbons (Fsp3) is 0.444. The molecule has 2 nitrogen and oxygen atoms in total. The van der Waals surface area contributed by atoms with Gasteiger partial charge in [-0.05, 0) is 12.1 Å². The van der Waals surface area contributed by atoms with Gasteiger partial charge in [0, 0.05) is 6.92 Å². The van der Waals surface area contributed by atoms with E-state index in [0.717, 1.165) is 0 Å². The van der Waals surface area contributed by atoms with Crippen molar-refractivity contribution in [1.29, 1.82) is 0 Å². The van der Waals surface area contributed by atoms with Crippen molar-refractivity contribution in [2.75, 3.05) is 0 Å². The van der Waals surface area contributed by atoms with Crippen molar-refractivity contribution in [3.05, 3.63) is 24.6 Å². The van der Waals surface area contributed by atoms with E-state index in [0.29, 0.717) is 11.6 Å². The van der Waals surface area contributed by atoms with Crippen LogP contribution in [0.25, 0.3) is 0 Å². The van der Waals surface area contributed by atoms with Gasteiger partial charge in [-0.2, -0.15) is 0 Å². The molecule has 62 valence electrons. The molecule has 0 heterocycles. The Hall–Kier alpha value is -1.05. The first-order chi connectivity index (χ1) is 5.07. The van der Waals surface area contributed by atoms with Gasteiger partial charge in [0.05, 0.1) is 5.70 Å². The number of carbonyl (C=O) groups excluding carboxylic acids is 1. The van der Waals surface area contributed by atoms with E-state index in [9.17, 15) is 4.79 Å². The van der Waals surface area contributed by atoms with E-state index >= 15 is 0 Å². The highest BCUT2D eigenvalue weighted by Gasteiger charge is 2.00. The quantitative estimate of drug-likeness (QED) is 0.624. The van der Waals surface area contributed by atoms with Crippen LogP contribution in [0.4, 0.5) is 0 Å². The monoisotopic (exact) mass is 153 g/mol. The number of ketones is 1. The summed E-state index contributed by atoms with van der Waals surface area (Å²) >= 11 is 0. The van der Waals surface area contributed by atoms with Gasteiger partial charge in [0.25, 0.3) is 0 Å². The summed E-state index contributed by atoms with van der Waals surface area (Å²) in [4.78, 5) is 10.9. The average molecular weight is 153 g/mol. The number of Topliss-reactive ketones (excluding diaryl/α,β-unsaturated/α-hetero) is 1. The predicted molar refractivity (Wildman–Crippen MR) is 46.9 cm³/mol. The predicted octanol–water partition coefficient (Wildman–Crippen LogP) is 1.85. The lowest BCUT2D eigenvalue weighted by molar-refractivity contribution is -0.113. The van der Waals surface area contributed by atoms with Gasteiger partial charge in [0.2, 0.25) is 0 Å². The van der Waals surface area contributed by atoms with Crippen molar-refractivity contribution in [3.63, 3.8) is 0 Å². The summed E-state index contributed by atoms with van der Waals surface area (Å²) in [7, 11) is 0. The van der Waals surface area contributed by atoms with E-state index in [-0.39, 0.29) is 5.78 Å². The van der Waals surface area contributed by atoms with Gasteiger partial charge in [0.15, 0.2) is 5.78 Å². The molecule has 0 spiro atoms. The van der Waals surface area contributed by atoms with Gasteiger partial charge in [-0.15, -0.1) is 0 Å². The second-order valence-electron chi connectivity index (χ2n) is 2.73. The molecule has 0 aromatic heterocycles. The van der Waals surface area contributed by atoms with Gasteiger partial charge < -0.3 is 5.32 Å². The molecule has 0 radical (unpaired) electrons. The Labute approximate surface area is 68.0 Å². The second kappa shape index (κ2) is 4.72. The highest BCUT2D eigenvalue weighted by atomic mass is 16.1. The molecule has 0 aromatic carbocycles. The fourth-order valence-electron chi connectivity index (χ4n) is 0.710. The minimum absolute atomic E-state index is 0.0404. The molecule has 0 amide bonds. The summed E-state index contributed by atoms with van der Waals surface area (Å²) in [5.41, 5.74) is 0.620. The molecule has 0 rings (SSSR count). The van der Waals surface area contributed by atoms with Crippen LogP contribution < -0.4 is 5.32 Å². The lowest BCUT2D eigenvalue weighted by Gasteiger charge is -2.03. The molecule has 0 fully saturated rings. The summed E-state index contributed by atoms with van der Waals surface area (Å²) < 4.78 is 0. The van der Waals surface area contributed by atoms with Gasteiger partial charge in [-0.1, -0.05) is 26.5 Å². The molecule has 0 unspecified atom stereocenters. The maximum Gasteiger partial charge on any atom is 0.175 e. The van der Waals surface area contributed by atoms with Crippen molar-refractivity contribution >= 4 is 5.78 Å². The van der Waals surface area contributed by atoms with Crippen molar-refractivity contribution in [3.8, 4) is 0 Å². The third-order valence-corrected chi connectivity index (χ3v) is 1.14. The molecule has 11 heavy (non-hydrogen) atoms. The van der Waals surface area contributed by atoms with Crippen LogP contribution in [0, 0.1) is 5.92 Å². The molecule has 0 aromatic rings. The molecule has 0 saturated heterocycles. The van der Waals surface area contributed by atoms with Crippen molar-refractivity contribution in [2.45, 2.75) is 20.8 Å². The van der Waals surface area contributed by atoms with Crippen molar-refractivity contribution < 1.29 is 4.79 Å². The van der Waals surface area contributed by atoms with Crippen LogP contribution in [0.5, 0.6) is 0 Å². The summed E-state index contributed by atoms with van der Waals surface area (Å²) in [5.74, 6) is 0.417. The molecule has 0 atom stereocenters. The Morgan fingerprint density at radius 3 is 2.36 bits per heavy atom.